The molecule has 0 bridgehead atoms. The lowest BCUT2D eigenvalue weighted by Crippen LogP contribution is -2.33. The van der Waals surface area contributed by atoms with Gasteiger partial charge in [-0.1, -0.05) is 34.8 Å². The van der Waals surface area contributed by atoms with Crippen LogP contribution < -0.4 is 43.8 Å². The van der Waals surface area contributed by atoms with Crippen molar-refractivity contribution in [3.05, 3.63) is 83.1 Å². The number of anilines is 3. The number of nitrogens with one attached hydrogen (secondary N) is 3. The molecule has 11 N–H and O–H groups in total. The van der Waals surface area contributed by atoms with Gasteiger partial charge in [-0.05, 0) is 72.3 Å². The third-order valence-electron chi connectivity index (χ3n) is 7.20. The zero-order valence-corrected chi connectivity index (χ0v) is 36.6. The van der Waals surface area contributed by atoms with Crippen LogP contribution in [0.1, 0.15) is 54.2 Å². The number of carbonyl (C=O) groups excluding carboxylic acids is 3. The molecule has 3 atom stereocenters. The Balaban J connectivity index is 0. The van der Waals surface area contributed by atoms with Crippen LogP contribution >= 0.6 is 34.8 Å². The molecule has 0 saturated carbocycles. The molecule has 3 unspecified atom stereocenters. The van der Waals surface area contributed by atoms with E-state index in [-0.39, 0.29) is 55.2 Å². The summed E-state index contributed by atoms with van der Waals surface area (Å²) in [5.74, 6) is -0.741. The van der Waals surface area contributed by atoms with Gasteiger partial charge in [-0.25, -0.2) is 29.5 Å². The Kier molecular flexibility index (Phi) is 24.6. The lowest BCUT2D eigenvalue weighted by atomic mass is 10.1. The quantitative estimate of drug-likeness (QED) is 0.119. The van der Waals surface area contributed by atoms with Crippen LogP contribution in [0.2, 0.25) is 15.5 Å². The molecule has 316 valence electrons. The summed E-state index contributed by atoms with van der Waals surface area (Å²) in [5, 5.41) is 35.3. The van der Waals surface area contributed by atoms with Crippen LogP contribution in [-0.4, -0.2) is 79.0 Å². The summed E-state index contributed by atoms with van der Waals surface area (Å²) in [6, 6.07) is 3.94. The molecule has 0 aliphatic rings. The first-order valence-corrected chi connectivity index (χ1v) is 17.9. The molecule has 3 heterocycles. The third-order valence-corrected chi connectivity index (χ3v) is 8.00. The minimum Gasteiger partial charge on any atom is -0.371 e. The van der Waals surface area contributed by atoms with Gasteiger partial charge in [-0.2, -0.15) is 15.8 Å². The van der Waals surface area contributed by atoms with Crippen molar-refractivity contribution in [2.45, 2.75) is 59.7 Å². The van der Waals surface area contributed by atoms with Crippen molar-refractivity contribution in [2.75, 3.05) is 43.7 Å². The van der Waals surface area contributed by atoms with Gasteiger partial charge in [0, 0.05) is 14.1 Å². The fourth-order valence-electron chi connectivity index (χ4n) is 3.83. The van der Waals surface area contributed by atoms with Gasteiger partial charge in [0.2, 0.25) is 34.8 Å². The highest BCUT2D eigenvalue weighted by Gasteiger charge is 2.21. The standard InChI is InChI=1S/C13H16N6O.C11H10ClN5O.C8H3Cl2N3.C3H8N2O.C2H7N/c1-7-9(6-14)12(17-8(2)11(15)20)18-13(19(4)5)10(7)16-3;1-5-7(4-13)11(16-6(2)10(14)18)17-9(12)8(5)15-3;1-4-5(3-11)7(9)13-8(10)6(4)12-2;1-2(4)3(5)6;1-3-2/h8H,1-2,4-5H3,(H2,15,20)(H,17,18);6H,1-2H3,(H2,14,18)(H,16,17);1H3;2H,4H2,1H3,(H2,5,6);3H,1-2H3. The average Bonchev–Trinajstić information content (AvgIpc) is 3.16. The Morgan fingerprint density at radius 2 is 0.967 bits per heavy atom. The van der Waals surface area contributed by atoms with Crippen molar-refractivity contribution in [2.24, 2.45) is 22.9 Å². The van der Waals surface area contributed by atoms with E-state index in [0.29, 0.717) is 28.2 Å². The minimum absolute atomic E-state index is 0.0133. The predicted molar refractivity (Wildman–Crippen MR) is 232 cm³/mol. The van der Waals surface area contributed by atoms with Gasteiger partial charge in [-0.15, -0.1) is 0 Å². The number of aromatic nitrogens is 3. The first-order valence-electron chi connectivity index (χ1n) is 16.8. The summed E-state index contributed by atoms with van der Waals surface area (Å²) in [6.45, 7) is 30.6. The van der Waals surface area contributed by atoms with E-state index in [1.54, 1.807) is 53.6 Å². The summed E-state index contributed by atoms with van der Waals surface area (Å²) in [5.41, 5.74) is 22.6. The number of hydrogen-bond acceptors (Lipinski definition) is 14. The van der Waals surface area contributed by atoms with Gasteiger partial charge < -0.3 is 43.8 Å². The van der Waals surface area contributed by atoms with Crippen LogP contribution in [0.4, 0.5) is 34.5 Å². The molecule has 0 radical (unpaired) electrons. The minimum atomic E-state index is -0.696. The molecular formula is C37H44Cl3N17O3. The van der Waals surface area contributed by atoms with Gasteiger partial charge in [0.05, 0.1) is 42.4 Å². The summed E-state index contributed by atoms with van der Waals surface area (Å²) in [7, 11) is 7.26. The number of nitrogens with two attached hydrogens (primary N) is 4. The van der Waals surface area contributed by atoms with Crippen molar-refractivity contribution in [3.8, 4) is 18.2 Å². The second-order valence-corrected chi connectivity index (χ2v) is 13.1. The molecular weight excluding hydrogens is 837 g/mol. The van der Waals surface area contributed by atoms with Gasteiger partial charge in [0.25, 0.3) is 0 Å². The lowest BCUT2D eigenvalue weighted by Gasteiger charge is -2.20. The van der Waals surface area contributed by atoms with Crippen LogP contribution in [0.15, 0.2) is 0 Å². The number of halogens is 3. The highest BCUT2D eigenvalue weighted by molar-refractivity contribution is 6.35. The third kappa shape index (κ3) is 16.1. The zero-order chi connectivity index (χ0) is 47.2. The molecule has 0 aliphatic carbocycles. The molecule has 0 saturated heterocycles. The summed E-state index contributed by atoms with van der Waals surface area (Å²) in [6.07, 6.45) is 0. The molecule has 0 spiro atoms. The first-order chi connectivity index (χ1) is 27.9. The van der Waals surface area contributed by atoms with Crippen molar-refractivity contribution < 1.29 is 14.4 Å². The second-order valence-electron chi connectivity index (χ2n) is 12.1. The molecule has 23 heteroatoms. The van der Waals surface area contributed by atoms with Gasteiger partial charge >= 0.3 is 0 Å². The summed E-state index contributed by atoms with van der Waals surface area (Å²) in [4.78, 5) is 55.2. The predicted octanol–water partition coefficient (Wildman–Crippen LogP) is 4.69. The normalized spacial score (nSPS) is 10.7. The highest BCUT2D eigenvalue weighted by Crippen LogP contribution is 2.36. The molecule has 0 fully saturated rings. The Labute approximate surface area is 363 Å². The van der Waals surface area contributed by atoms with Crippen LogP contribution in [0.3, 0.4) is 0 Å². The number of primary amides is 3. The molecule has 0 aliphatic heterocycles. The maximum atomic E-state index is 11.1. The fourth-order valence-corrected chi connectivity index (χ4v) is 4.68. The number of rotatable bonds is 8. The van der Waals surface area contributed by atoms with E-state index in [1.165, 1.54) is 6.92 Å². The first kappa shape index (κ1) is 55.1. The van der Waals surface area contributed by atoms with Crippen molar-refractivity contribution in [1.29, 1.82) is 15.8 Å². The maximum Gasteiger partial charge on any atom is 0.239 e. The second kappa shape index (κ2) is 26.8. The zero-order valence-electron chi connectivity index (χ0n) is 34.4. The number of nitriles is 3. The van der Waals surface area contributed by atoms with Crippen LogP contribution in [0.25, 0.3) is 14.5 Å². The van der Waals surface area contributed by atoms with Crippen molar-refractivity contribution in [3.63, 3.8) is 0 Å². The Bertz CT molecular complexity index is 2270. The number of pyridine rings is 3. The molecule has 3 amide bonds. The van der Waals surface area contributed by atoms with Crippen LogP contribution in [0, 0.1) is 74.5 Å². The van der Waals surface area contributed by atoms with E-state index in [1.807, 2.05) is 32.3 Å². The Morgan fingerprint density at radius 3 is 1.27 bits per heavy atom. The maximum absolute atomic E-state index is 11.1. The SMILES string of the molecule is CC(N)C(N)=O.CNC.[C-]#[N+]c1c(Cl)nc(Cl)c(C#N)c1C.[C-]#[N+]c1c(Cl)nc(NC(C)C(N)=O)c(C#N)c1C.[C-]#[N+]c1c(N(C)C)nc(NC(C)C(N)=O)c(C#N)c1C. The van der Waals surface area contributed by atoms with E-state index in [4.69, 9.17) is 82.2 Å². The number of nitrogens with zero attached hydrogens (tertiary/aromatic N) is 10. The number of carbonyl (C=O) groups is 3. The van der Waals surface area contributed by atoms with Crippen molar-refractivity contribution >= 4 is 87.0 Å². The Hall–Kier alpha value is -7.01. The summed E-state index contributed by atoms with van der Waals surface area (Å²) < 4.78 is 0. The molecule has 3 rings (SSSR count). The largest absolute Gasteiger partial charge is 0.371 e. The number of amides is 3. The summed E-state index contributed by atoms with van der Waals surface area (Å²) >= 11 is 17.1. The molecule has 3 aromatic heterocycles. The average molecular weight is 881 g/mol. The van der Waals surface area contributed by atoms with Gasteiger partial charge in [-0.3, -0.25) is 14.4 Å². The smallest absolute Gasteiger partial charge is 0.239 e. The van der Waals surface area contributed by atoms with E-state index < -0.39 is 35.8 Å². The van der Waals surface area contributed by atoms with Gasteiger partial charge in [0.15, 0.2) is 0 Å². The monoisotopic (exact) mass is 879 g/mol. The molecule has 3 aromatic rings. The van der Waals surface area contributed by atoms with E-state index in [0.717, 1.165) is 0 Å². The number of hydrogen-bond donors (Lipinski definition) is 7. The lowest BCUT2D eigenvalue weighted by molar-refractivity contribution is -0.119. The molecule has 60 heavy (non-hydrogen) atoms. The van der Waals surface area contributed by atoms with Gasteiger partial charge in [0.1, 0.15) is 63.2 Å². The van der Waals surface area contributed by atoms with E-state index in [9.17, 15) is 19.6 Å². The van der Waals surface area contributed by atoms with Crippen molar-refractivity contribution in [1.82, 2.24) is 20.3 Å². The topological polar surface area (TPSA) is 318 Å². The molecule has 0 aromatic carbocycles. The highest BCUT2D eigenvalue weighted by atomic mass is 35.5. The van der Waals surface area contributed by atoms with Crippen LogP contribution in [-0.2, 0) is 14.4 Å². The van der Waals surface area contributed by atoms with E-state index >= 15 is 0 Å². The Morgan fingerprint density at radius 1 is 0.650 bits per heavy atom. The fraction of sp³-hybridized carbons (Fsp3) is 0.351. The molecule has 20 nitrogen and oxygen atoms in total. The van der Waals surface area contributed by atoms with E-state index in [2.05, 4.69) is 51.2 Å². The van der Waals surface area contributed by atoms with Crippen LogP contribution in [0.5, 0.6) is 0 Å².